The van der Waals surface area contributed by atoms with E-state index in [1.165, 1.54) is 4.90 Å². The molecule has 1 atom stereocenters. The Hall–Kier alpha value is -3.93. The fourth-order valence-corrected chi connectivity index (χ4v) is 4.27. The summed E-state index contributed by atoms with van der Waals surface area (Å²) in [7, 11) is 0. The predicted molar refractivity (Wildman–Crippen MR) is 135 cm³/mol. The van der Waals surface area contributed by atoms with E-state index in [9.17, 15) is 14.7 Å². The van der Waals surface area contributed by atoms with Crippen LogP contribution in [-0.4, -0.2) is 33.3 Å². The number of pyridine rings is 1. The predicted octanol–water partition coefficient (Wildman–Crippen LogP) is 5.40. The fourth-order valence-electron chi connectivity index (χ4n) is 4.27. The minimum absolute atomic E-state index is 0.0433. The molecule has 0 radical (unpaired) electrons. The number of benzene rings is 2. The molecule has 1 saturated heterocycles. The van der Waals surface area contributed by atoms with Crippen LogP contribution in [0.15, 0.2) is 78.6 Å². The number of aliphatic hydroxyl groups is 1. The average molecular weight is 471 g/mol. The lowest BCUT2D eigenvalue weighted by Crippen LogP contribution is -2.29. The number of hydrogen-bond donors (Lipinski definition) is 1. The minimum Gasteiger partial charge on any atom is -0.507 e. The molecule has 4 rings (SSSR count). The number of Topliss-reactive ketones (excluding diaryl/α,β-unsaturated/α-hetero) is 1. The summed E-state index contributed by atoms with van der Waals surface area (Å²) < 4.78 is 5.48. The molecular weight excluding hydrogens is 440 g/mol. The van der Waals surface area contributed by atoms with E-state index in [0.29, 0.717) is 17.9 Å². The average Bonchev–Trinajstić information content (AvgIpc) is 3.09. The molecule has 1 aliphatic rings. The van der Waals surface area contributed by atoms with Gasteiger partial charge >= 0.3 is 0 Å². The van der Waals surface area contributed by atoms with Gasteiger partial charge in [0.2, 0.25) is 0 Å². The Bertz CT molecular complexity index is 1240. The van der Waals surface area contributed by atoms with E-state index in [1.54, 1.807) is 42.7 Å². The number of likely N-dealkylation sites (tertiary alicyclic amines) is 1. The molecule has 0 aliphatic carbocycles. The highest BCUT2D eigenvalue weighted by atomic mass is 16.5. The van der Waals surface area contributed by atoms with Gasteiger partial charge in [0.25, 0.3) is 11.7 Å². The number of carbonyl (C=O) groups is 2. The van der Waals surface area contributed by atoms with Gasteiger partial charge in [-0.25, -0.2) is 0 Å². The first kappa shape index (κ1) is 24.2. The highest BCUT2D eigenvalue weighted by Gasteiger charge is 2.46. The number of aliphatic hydroxyl groups excluding tert-OH is 1. The van der Waals surface area contributed by atoms with Crippen molar-refractivity contribution in [3.8, 4) is 5.75 Å². The van der Waals surface area contributed by atoms with Crippen molar-refractivity contribution >= 4 is 17.4 Å². The van der Waals surface area contributed by atoms with Crippen LogP contribution in [0.25, 0.3) is 5.76 Å². The van der Waals surface area contributed by atoms with E-state index >= 15 is 0 Å². The Morgan fingerprint density at radius 1 is 1.03 bits per heavy atom. The molecule has 35 heavy (non-hydrogen) atoms. The quantitative estimate of drug-likeness (QED) is 0.296. The van der Waals surface area contributed by atoms with Crippen LogP contribution >= 0.6 is 0 Å². The second-order valence-electron chi connectivity index (χ2n) is 9.62. The summed E-state index contributed by atoms with van der Waals surface area (Å²) in [5.74, 6) is -0.892. The van der Waals surface area contributed by atoms with Crippen LogP contribution in [0.4, 0.5) is 0 Å². The van der Waals surface area contributed by atoms with Crippen molar-refractivity contribution < 1.29 is 19.4 Å². The monoisotopic (exact) mass is 470 g/mol. The van der Waals surface area contributed by atoms with Gasteiger partial charge in [0.1, 0.15) is 11.5 Å². The van der Waals surface area contributed by atoms with E-state index in [2.05, 4.69) is 25.8 Å². The summed E-state index contributed by atoms with van der Waals surface area (Å²) >= 11 is 0. The van der Waals surface area contributed by atoms with E-state index in [1.807, 2.05) is 37.3 Å². The Labute approximate surface area is 205 Å². The number of carbonyl (C=O) groups excluding carboxylic acids is 2. The van der Waals surface area contributed by atoms with Crippen LogP contribution < -0.4 is 4.74 Å². The molecule has 0 saturated carbocycles. The van der Waals surface area contributed by atoms with Crippen LogP contribution in [-0.2, 0) is 21.5 Å². The SMILES string of the molecule is CCOc1ccc(/C(O)=C2\C(=O)C(=O)N(Cc3cccnc3)C2c2ccc(C(C)(C)C)cc2)cc1. The molecule has 1 unspecified atom stereocenters. The molecule has 1 fully saturated rings. The maximum absolute atomic E-state index is 13.3. The summed E-state index contributed by atoms with van der Waals surface area (Å²) in [6.07, 6.45) is 3.33. The third-order valence-corrected chi connectivity index (χ3v) is 6.15. The standard InChI is InChI=1S/C29H30N2O4/c1-5-35-23-14-10-21(11-15-23)26(32)24-25(20-8-12-22(13-9-20)29(2,3)4)31(28(34)27(24)33)18-19-7-6-16-30-17-19/h6-17,25,32H,5,18H2,1-4H3/b26-24+. The summed E-state index contributed by atoms with van der Waals surface area (Å²) in [6.45, 7) is 9.00. The molecule has 180 valence electrons. The van der Waals surface area contributed by atoms with Crippen molar-refractivity contribution in [1.82, 2.24) is 9.88 Å². The molecular formula is C29H30N2O4. The topological polar surface area (TPSA) is 79.7 Å². The lowest BCUT2D eigenvalue weighted by Gasteiger charge is -2.26. The summed E-state index contributed by atoms with van der Waals surface area (Å²) in [4.78, 5) is 32.1. The zero-order chi connectivity index (χ0) is 25.2. The van der Waals surface area contributed by atoms with Gasteiger partial charge in [-0.05, 0) is 59.4 Å². The van der Waals surface area contributed by atoms with Crippen molar-refractivity contribution in [2.24, 2.45) is 0 Å². The zero-order valence-corrected chi connectivity index (χ0v) is 20.5. The first-order valence-electron chi connectivity index (χ1n) is 11.7. The maximum atomic E-state index is 13.3. The summed E-state index contributed by atoms with van der Waals surface area (Å²) in [5, 5.41) is 11.3. The number of ketones is 1. The molecule has 1 N–H and O–H groups in total. The van der Waals surface area contributed by atoms with Crippen LogP contribution in [0.3, 0.4) is 0 Å². The number of ether oxygens (including phenoxy) is 1. The first-order valence-corrected chi connectivity index (χ1v) is 11.7. The molecule has 2 aromatic carbocycles. The molecule has 1 aliphatic heterocycles. The molecule has 0 bridgehead atoms. The van der Waals surface area contributed by atoms with Crippen LogP contribution in [0.5, 0.6) is 5.75 Å². The second kappa shape index (κ2) is 9.74. The van der Waals surface area contributed by atoms with Crippen molar-refractivity contribution in [2.75, 3.05) is 6.61 Å². The van der Waals surface area contributed by atoms with E-state index < -0.39 is 17.7 Å². The number of amides is 1. The van der Waals surface area contributed by atoms with Gasteiger partial charge in [0.05, 0.1) is 18.2 Å². The van der Waals surface area contributed by atoms with Gasteiger partial charge in [0, 0.05) is 24.5 Å². The summed E-state index contributed by atoms with van der Waals surface area (Å²) in [5.41, 5.74) is 3.17. The molecule has 1 aromatic heterocycles. The zero-order valence-electron chi connectivity index (χ0n) is 20.5. The number of aromatic nitrogens is 1. The Morgan fingerprint density at radius 2 is 1.71 bits per heavy atom. The van der Waals surface area contributed by atoms with Crippen LogP contribution in [0, 0.1) is 0 Å². The van der Waals surface area contributed by atoms with Crippen molar-refractivity contribution in [2.45, 2.75) is 45.7 Å². The fraction of sp³-hybridized carbons (Fsp3) is 0.276. The Kier molecular flexibility index (Phi) is 6.74. The lowest BCUT2D eigenvalue weighted by atomic mass is 9.85. The normalized spacial score (nSPS) is 17.6. The van der Waals surface area contributed by atoms with Crippen molar-refractivity contribution in [1.29, 1.82) is 0 Å². The van der Waals surface area contributed by atoms with Crippen molar-refractivity contribution in [3.05, 3.63) is 101 Å². The first-order chi connectivity index (χ1) is 16.7. The molecule has 2 heterocycles. The smallest absolute Gasteiger partial charge is 0.295 e. The molecule has 6 heteroatoms. The Balaban J connectivity index is 1.82. The van der Waals surface area contributed by atoms with E-state index in [4.69, 9.17) is 4.74 Å². The largest absolute Gasteiger partial charge is 0.507 e. The molecule has 0 spiro atoms. The molecule has 6 nitrogen and oxygen atoms in total. The number of nitrogens with zero attached hydrogens (tertiary/aromatic N) is 2. The molecule has 3 aromatic rings. The summed E-state index contributed by atoms with van der Waals surface area (Å²) in [6, 6.07) is 17.6. The Morgan fingerprint density at radius 3 is 2.29 bits per heavy atom. The maximum Gasteiger partial charge on any atom is 0.295 e. The lowest BCUT2D eigenvalue weighted by molar-refractivity contribution is -0.140. The van der Waals surface area contributed by atoms with Gasteiger partial charge in [-0.2, -0.15) is 0 Å². The van der Waals surface area contributed by atoms with Gasteiger partial charge in [-0.1, -0.05) is 51.1 Å². The molecule has 1 amide bonds. The van der Waals surface area contributed by atoms with Gasteiger partial charge in [-0.3, -0.25) is 14.6 Å². The van der Waals surface area contributed by atoms with Crippen LogP contribution in [0.1, 0.15) is 56.0 Å². The van der Waals surface area contributed by atoms with E-state index in [0.717, 1.165) is 16.7 Å². The number of rotatable bonds is 6. The minimum atomic E-state index is -0.726. The highest BCUT2D eigenvalue weighted by Crippen LogP contribution is 2.41. The third kappa shape index (κ3) is 4.97. The van der Waals surface area contributed by atoms with Crippen LogP contribution in [0.2, 0.25) is 0 Å². The van der Waals surface area contributed by atoms with Crippen molar-refractivity contribution in [3.63, 3.8) is 0 Å². The van der Waals surface area contributed by atoms with Gasteiger partial charge < -0.3 is 14.7 Å². The van der Waals surface area contributed by atoms with Gasteiger partial charge in [-0.15, -0.1) is 0 Å². The third-order valence-electron chi connectivity index (χ3n) is 6.15. The number of hydrogen-bond acceptors (Lipinski definition) is 5. The highest BCUT2D eigenvalue weighted by molar-refractivity contribution is 6.46. The van der Waals surface area contributed by atoms with Gasteiger partial charge in [0.15, 0.2) is 0 Å². The van der Waals surface area contributed by atoms with E-state index in [-0.39, 0.29) is 23.3 Å². The second-order valence-corrected chi connectivity index (χ2v) is 9.62.